The zero-order valence-electron chi connectivity index (χ0n) is 20.4. The molecule has 0 radical (unpaired) electrons. The monoisotopic (exact) mass is 560 g/mol. The van der Waals surface area contributed by atoms with Crippen LogP contribution in [0.2, 0.25) is 10.0 Å². The summed E-state index contributed by atoms with van der Waals surface area (Å²) in [4.78, 5) is 28.3. The predicted molar refractivity (Wildman–Crippen MR) is 151 cm³/mol. The highest BCUT2D eigenvalue weighted by Crippen LogP contribution is 2.28. The van der Waals surface area contributed by atoms with Gasteiger partial charge in [0.05, 0.1) is 29.6 Å². The number of nitrogens with zero attached hydrogens (tertiary/aromatic N) is 3. The molecule has 0 saturated carbocycles. The molecule has 0 unspecified atom stereocenters. The fourth-order valence-electron chi connectivity index (χ4n) is 4.02. The van der Waals surface area contributed by atoms with Crippen LogP contribution in [-0.2, 0) is 11.3 Å². The van der Waals surface area contributed by atoms with Crippen LogP contribution in [0.15, 0.2) is 79.1 Å². The zero-order chi connectivity index (χ0) is 27.4. The van der Waals surface area contributed by atoms with E-state index >= 15 is 0 Å². The van der Waals surface area contributed by atoms with Crippen molar-refractivity contribution in [1.82, 2.24) is 25.2 Å². The maximum Gasteiger partial charge on any atom is 0.256 e. The summed E-state index contributed by atoms with van der Waals surface area (Å²) in [5.74, 6) is -0.438. The lowest BCUT2D eigenvalue weighted by atomic mass is 10.1. The molecule has 0 spiro atoms. The third-order valence-corrected chi connectivity index (χ3v) is 6.76. The summed E-state index contributed by atoms with van der Waals surface area (Å²) in [7, 11) is 0. The van der Waals surface area contributed by atoms with Gasteiger partial charge in [0, 0.05) is 39.2 Å². The van der Waals surface area contributed by atoms with Crippen LogP contribution >= 0.6 is 23.2 Å². The van der Waals surface area contributed by atoms with Gasteiger partial charge in [0.1, 0.15) is 0 Å². The van der Waals surface area contributed by atoms with Gasteiger partial charge < -0.3 is 9.88 Å². The van der Waals surface area contributed by atoms with Crippen molar-refractivity contribution in [2.24, 2.45) is 0 Å². The van der Waals surface area contributed by atoms with Gasteiger partial charge >= 0.3 is 0 Å². The van der Waals surface area contributed by atoms with E-state index in [-0.39, 0.29) is 12.3 Å². The molecule has 2 heterocycles. The Kier molecular flexibility index (Phi) is 7.74. The molecule has 11 heteroatoms. The predicted octanol–water partition coefficient (Wildman–Crippen LogP) is 5.94. The Morgan fingerprint density at radius 2 is 1.79 bits per heavy atom. The summed E-state index contributed by atoms with van der Waals surface area (Å²) in [6.07, 6.45) is 5.13. The van der Waals surface area contributed by atoms with Crippen molar-refractivity contribution in [2.75, 3.05) is 5.32 Å². The molecule has 39 heavy (non-hydrogen) atoms. The maximum absolute atomic E-state index is 12.7. The van der Waals surface area contributed by atoms with Crippen molar-refractivity contribution in [3.05, 3.63) is 106 Å². The van der Waals surface area contributed by atoms with Crippen LogP contribution in [0.3, 0.4) is 0 Å². The van der Waals surface area contributed by atoms with E-state index in [1.807, 2.05) is 28.8 Å². The van der Waals surface area contributed by atoms with Crippen LogP contribution in [0.5, 0.6) is 0 Å². The Hall–Kier alpha value is -4.44. The molecular weight excluding hydrogens is 539 g/mol. The standard InChI is InChI=1S/C28H22Cl2N6O3/c29-21-4-2-5-22(30)20(21)15-36-16-31-23-12-11-19(13-25(23)36)24-14-26(34-33-24)32-28(38)18-9-7-17(8-10-18)3-1-6-27(37)35-39/h1-5,7-14,16,39H,6,15H2,(H,35,37)(H2,32,33,34,38). The average Bonchev–Trinajstić information content (AvgIpc) is 3.57. The Morgan fingerprint density at radius 1 is 1.03 bits per heavy atom. The number of aromatic amines is 1. The Labute approximate surface area is 233 Å². The molecule has 5 rings (SSSR count). The first kappa shape index (κ1) is 26.2. The van der Waals surface area contributed by atoms with Crippen molar-refractivity contribution < 1.29 is 14.8 Å². The number of halogens is 2. The van der Waals surface area contributed by atoms with E-state index in [0.29, 0.717) is 28.0 Å². The molecule has 2 amide bonds. The van der Waals surface area contributed by atoms with E-state index in [1.54, 1.807) is 66.4 Å². The second kappa shape index (κ2) is 11.5. The van der Waals surface area contributed by atoms with Gasteiger partial charge in [-0.05, 0) is 42.0 Å². The highest BCUT2D eigenvalue weighted by molar-refractivity contribution is 6.36. The van der Waals surface area contributed by atoms with Crippen LogP contribution in [0.4, 0.5) is 5.82 Å². The molecule has 0 bridgehead atoms. The van der Waals surface area contributed by atoms with Crippen LogP contribution in [0, 0.1) is 0 Å². The summed E-state index contributed by atoms with van der Waals surface area (Å²) in [5.41, 5.74) is 6.96. The Balaban J connectivity index is 1.29. The average molecular weight is 561 g/mol. The van der Waals surface area contributed by atoms with E-state index in [2.05, 4.69) is 20.5 Å². The van der Waals surface area contributed by atoms with Crippen LogP contribution in [-0.4, -0.2) is 36.8 Å². The molecule has 9 nitrogen and oxygen atoms in total. The molecule has 0 aliphatic carbocycles. The normalized spacial score (nSPS) is 11.3. The molecule has 0 aliphatic heterocycles. The number of imidazole rings is 1. The number of nitrogens with one attached hydrogen (secondary N) is 3. The summed E-state index contributed by atoms with van der Waals surface area (Å²) >= 11 is 12.7. The summed E-state index contributed by atoms with van der Waals surface area (Å²) in [6, 6.07) is 19.9. The van der Waals surface area contributed by atoms with Crippen LogP contribution in [0.25, 0.3) is 28.4 Å². The summed E-state index contributed by atoms with van der Waals surface area (Å²) < 4.78 is 1.98. The fraction of sp³-hybridized carbons (Fsp3) is 0.0714. The highest BCUT2D eigenvalue weighted by atomic mass is 35.5. The van der Waals surface area contributed by atoms with E-state index in [1.165, 1.54) is 0 Å². The SMILES string of the molecule is O=C(CC=Cc1ccc(C(=O)Nc2cc(-c3ccc4ncn(Cc5c(Cl)cccc5Cl)c4c3)[nH]n2)cc1)NO. The van der Waals surface area contributed by atoms with E-state index in [0.717, 1.165) is 33.4 Å². The number of carbonyl (C=O) groups is 2. The molecule has 0 fully saturated rings. The number of aromatic nitrogens is 4. The van der Waals surface area contributed by atoms with Gasteiger partial charge in [-0.25, -0.2) is 10.5 Å². The second-order valence-corrected chi connectivity index (χ2v) is 9.48. The van der Waals surface area contributed by atoms with Gasteiger partial charge in [0.25, 0.3) is 5.91 Å². The van der Waals surface area contributed by atoms with E-state index in [4.69, 9.17) is 28.4 Å². The number of H-pyrrole nitrogens is 1. The number of hydrogen-bond acceptors (Lipinski definition) is 5. The van der Waals surface area contributed by atoms with Gasteiger partial charge in [-0.15, -0.1) is 0 Å². The Morgan fingerprint density at radius 3 is 2.54 bits per heavy atom. The molecule has 2 aromatic heterocycles. The lowest BCUT2D eigenvalue weighted by Gasteiger charge is -2.09. The number of amides is 2. The minimum absolute atomic E-state index is 0.0469. The molecule has 0 aliphatic rings. The van der Waals surface area contributed by atoms with E-state index in [9.17, 15) is 9.59 Å². The van der Waals surface area contributed by atoms with Gasteiger partial charge in [0.15, 0.2) is 5.82 Å². The summed E-state index contributed by atoms with van der Waals surface area (Å²) in [6.45, 7) is 0.468. The number of benzene rings is 3. The lowest BCUT2D eigenvalue weighted by molar-refractivity contribution is -0.128. The van der Waals surface area contributed by atoms with Crippen molar-refractivity contribution in [2.45, 2.75) is 13.0 Å². The van der Waals surface area contributed by atoms with Gasteiger partial charge in [-0.3, -0.25) is 19.9 Å². The summed E-state index contributed by atoms with van der Waals surface area (Å²) in [5, 5.41) is 19.7. The van der Waals surface area contributed by atoms with Gasteiger partial charge in [0.2, 0.25) is 5.91 Å². The minimum Gasteiger partial charge on any atom is -0.326 e. The van der Waals surface area contributed by atoms with Crippen molar-refractivity contribution in [3.8, 4) is 11.3 Å². The minimum atomic E-state index is -0.506. The molecule has 5 aromatic rings. The first-order chi connectivity index (χ1) is 18.9. The number of rotatable bonds is 8. The first-order valence-corrected chi connectivity index (χ1v) is 12.6. The van der Waals surface area contributed by atoms with E-state index < -0.39 is 5.91 Å². The molecule has 0 saturated heterocycles. The van der Waals surface area contributed by atoms with Crippen LogP contribution < -0.4 is 10.8 Å². The first-order valence-electron chi connectivity index (χ1n) is 11.9. The molecular formula is C28H22Cl2N6O3. The fourth-order valence-corrected chi connectivity index (χ4v) is 4.54. The smallest absolute Gasteiger partial charge is 0.256 e. The molecule has 196 valence electrons. The zero-order valence-corrected chi connectivity index (χ0v) is 21.9. The highest BCUT2D eigenvalue weighted by Gasteiger charge is 2.13. The topological polar surface area (TPSA) is 125 Å². The third kappa shape index (κ3) is 6.01. The van der Waals surface area contributed by atoms with Crippen molar-refractivity contribution in [3.63, 3.8) is 0 Å². The largest absolute Gasteiger partial charge is 0.326 e. The number of fused-ring (bicyclic) bond motifs is 1. The van der Waals surface area contributed by atoms with Crippen LogP contribution in [0.1, 0.15) is 27.9 Å². The van der Waals surface area contributed by atoms with Gasteiger partial charge in [-0.2, -0.15) is 5.10 Å². The quantitative estimate of drug-likeness (QED) is 0.138. The molecule has 4 N–H and O–H groups in total. The second-order valence-electron chi connectivity index (χ2n) is 8.66. The lowest BCUT2D eigenvalue weighted by Crippen LogP contribution is -2.16. The van der Waals surface area contributed by atoms with Crippen molar-refractivity contribution in [1.29, 1.82) is 0 Å². The molecule has 3 aromatic carbocycles. The number of hydroxylamine groups is 1. The number of hydrogen-bond donors (Lipinski definition) is 4. The molecule has 0 atom stereocenters. The maximum atomic E-state index is 12.7. The Bertz CT molecular complexity index is 1670. The number of carbonyl (C=O) groups excluding carboxylic acids is 2. The number of anilines is 1. The third-order valence-electron chi connectivity index (χ3n) is 6.05. The van der Waals surface area contributed by atoms with Gasteiger partial charge in [-0.1, -0.05) is 59.6 Å². The van der Waals surface area contributed by atoms with Crippen molar-refractivity contribution >= 4 is 57.9 Å².